The molecule has 1 aromatic carbocycles. The molecule has 8 heteroatoms. The highest BCUT2D eigenvalue weighted by atomic mass is 32.2. The molecule has 1 aromatic rings. The summed E-state index contributed by atoms with van der Waals surface area (Å²) in [5.74, 6) is 0.143. The fourth-order valence-corrected chi connectivity index (χ4v) is 6.17. The van der Waals surface area contributed by atoms with Crippen LogP contribution in [0.3, 0.4) is 0 Å². The van der Waals surface area contributed by atoms with Crippen molar-refractivity contribution in [1.82, 2.24) is 0 Å². The van der Waals surface area contributed by atoms with E-state index in [1.807, 2.05) is 26.8 Å². The molecule has 2 unspecified atom stereocenters. The molecule has 0 aliphatic heterocycles. The number of rotatable bonds is 6. The Morgan fingerprint density at radius 2 is 1.86 bits per heavy atom. The molecule has 2 atom stereocenters. The molecule has 0 N–H and O–H groups in total. The predicted octanol–water partition coefficient (Wildman–Crippen LogP) is 3.05. The van der Waals surface area contributed by atoms with Crippen LogP contribution in [0.1, 0.15) is 45.6 Å². The van der Waals surface area contributed by atoms with Crippen LogP contribution in [0, 0.1) is 27.6 Å². The van der Waals surface area contributed by atoms with E-state index in [1.165, 1.54) is 7.11 Å². The summed E-state index contributed by atoms with van der Waals surface area (Å²) in [6, 6.07) is 8.27. The molecule has 0 radical (unpaired) electrons. The number of oxime groups is 1. The van der Waals surface area contributed by atoms with Gasteiger partial charge in [0.2, 0.25) is 0 Å². The van der Waals surface area contributed by atoms with Gasteiger partial charge in [-0.15, -0.1) is 0 Å². The quantitative estimate of drug-likeness (QED) is 0.533. The van der Waals surface area contributed by atoms with Gasteiger partial charge in [-0.2, -0.15) is 13.7 Å². The Morgan fingerprint density at radius 1 is 1.21 bits per heavy atom. The molecule has 150 valence electrons. The van der Waals surface area contributed by atoms with Gasteiger partial charge >= 0.3 is 10.1 Å². The number of carbonyl (C=O) groups excluding carboxylic acids is 1. The number of ether oxygens (including phenoxy) is 1. The van der Waals surface area contributed by atoms with Crippen molar-refractivity contribution in [3.05, 3.63) is 29.8 Å². The molecule has 2 aliphatic carbocycles. The van der Waals surface area contributed by atoms with Gasteiger partial charge in [0.25, 0.3) is 0 Å². The maximum atomic E-state index is 12.7. The molecule has 2 fully saturated rings. The van der Waals surface area contributed by atoms with Crippen molar-refractivity contribution < 1.29 is 22.2 Å². The number of nitriles is 1. The summed E-state index contributed by atoms with van der Waals surface area (Å²) in [5, 5.41) is 12.9. The summed E-state index contributed by atoms with van der Waals surface area (Å²) in [7, 11) is -2.63. The molecule has 0 aromatic heterocycles. The largest absolute Gasteiger partial charge is 0.497 e. The van der Waals surface area contributed by atoms with Crippen molar-refractivity contribution in [3.8, 4) is 11.8 Å². The molecule has 0 spiro atoms. The lowest BCUT2D eigenvalue weighted by Gasteiger charge is -2.39. The highest BCUT2D eigenvalue weighted by Gasteiger charge is 2.70. The molecular formula is C20H24N2O5S. The van der Waals surface area contributed by atoms with Crippen LogP contribution in [0.2, 0.25) is 0 Å². The lowest BCUT2D eigenvalue weighted by molar-refractivity contribution is -0.128. The number of benzene rings is 1. The number of carbonyl (C=O) groups is 1. The van der Waals surface area contributed by atoms with E-state index in [0.717, 1.165) is 6.42 Å². The molecule has 0 amide bonds. The summed E-state index contributed by atoms with van der Waals surface area (Å²) >= 11 is 0. The summed E-state index contributed by atoms with van der Waals surface area (Å²) in [6.07, 6.45) is 1.71. The second kappa shape index (κ2) is 6.59. The molecule has 2 saturated carbocycles. The predicted molar refractivity (Wildman–Crippen MR) is 103 cm³/mol. The third-order valence-electron chi connectivity index (χ3n) is 7.03. The Balaban J connectivity index is 1.83. The first-order valence-electron chi connectivity index (χ1n) is 9.07. The molecule has 7 nitrogen and oxygen atoms in total. The summed E-state index contributed by atoms with van der Waals surface area (Å²) in [6.45, 7) is 5.96. The SMILES string of the molecule is COc1ccc(/C(C#N)=N/OS(=O)(=O)CC23CCC(C)(CC2=O)C3(C)C)cc1. The van der Waals surface area contributed by atoms with E-state index in [-0.39, 0.29) is 16.9 Å². The van der Waals surface area contributed by atoms with Crippen molar-refractivity contribution in [3.63, 3.8) is 0 Å². The molecule has 0 heterocycles. The van der Waals surface area contributed by atoms with Crippen molar-refractivity contribution in [1.29, 1.82) is 5.26 Å². The molecule has 2 bridgehead atoms. The van der Waals surface area contributed by atoms with E-state index in [2.05, 4.69) is 5.16 Å². The Labute approximate surface area is 165 Å². The Hall–Kier alpha value is -2.40. The lowest BCUT2D eigenvalue weighted by Crippen LogP contribution is -2.43. The minimum Gasteiger partial charge on any atom is -0.497 e. The first-order valence-corrected chi connectivity index (χ1v) is 10.7. The molecule has 3 rings (SSSR count). The summed E-state index contributed by atoms with van der Waals surface area (Å²) in [4.78, 5) is 12.7. The fraction of sp³-hybridized carbons (Fsp3) is 0.550. The van der Waals surface area contributed by atoms with Gasteiger partial charge in [-0.3, -0.25) is 9.08 Å². The second-order valence-electron chi connectivity index (χ2n) is 8.42. The van der Waals surface area contributed by atoms with Gasteiger partial charge in [0, 0.05) is 12.0 Å². The topological polar surface area (TPSA) is 106 Å². The van der Waals surface area contributed by atoms with Gasteiger partial charge in [0.05, 0.1) is 12.5 Å². The highest BCUT2D eigenvalue weighted by Crippen LogP contribution is 2.70. The zero-order valence-electron chi connectivity index (χ0n) is 16.5. The number of hydrogen-bond donors (Lipinski definition) is 0. The number of ketones is 1. The van der Waals surface area contributed by atoms with E-state index in [4.69, 9.17) is 9.02 Å². The average molecular weight is 404 g/mol. The Bertz CT molecular complexity index is 975. The average Bonchev–Trinajstić information content (AvgIpc) is 2.91. The third kappa shape index (κ3) is 2.98. The third-order valence-corrected chi connectivity index (χ3v) is 8.18. The van der Waals surface area contributed by atoms with Crippen LogP contribution in [-0.4, -0.2) is 32.8 Å². The smallest absolute Gasteiger partial charge is 0.329 e. The Morgan fingerprint density at radius 3 is 2.32 bits per heavy atom. The minimum absolute atomic E-state index is 0.0296. The first-order chi connectivity index (χ1) is 13.0. The number of hydrogen-bond acceptors (Lipinski definition) is 7. The van der Waals surface area contributed by atoms with Crippen LogP contribution >= 0.6 is 0 Å². The second-order valence-corrected chi connectivity index (χ2v) is 9.98. The van der Waals surface area contributed by atoms with Gasteiger partial charge in [0.1, 0.15) is 23.4 Å². The number of Topliss-reactive ketones (excluding diaryl/α,β-unsaturated/α-hetero) is 1. The summed E-state index contributed by atoms with van der Waals surface area (Å²) in [5.41, 5.74) is -1.39. The molecule has 2 aliphatic rings. The maximum Gasteiger partial charge on any atom is 0.329 e. The summed E-state index contributed by atoms with van der Waals surface area (Å²) < 4.78 is 35.2. The van der Waals surface area contributed by atoms with E-state index >= 15 is 0 Å². The zero-order chi connectivity index (χ0) is 20.8. The van der Waals surface area contributed by atoms with Gasteiger partial charge < -0.3 is 4.74 Å². The van der Waals surface area contributed by atoms with Crippen LogP contribution in [0.4, 0.5) is 0 Å². The normalized spacial score (nSPS) is 28.8. The van der Waals surface area contributed by atoms with Gasteiger partial charge in [0.15, 0.2) is 5.71 Å². The van der Waals surface area contributed by atoms with Crippen LogP contribution < -0.4 is 4.74 Å². The van der Waals surface area contributed by atoms with Crippen molar-refractivity contribution in [2.45, 2.75) is 40.0 Å². The molecular weight excluding hydrogens is 380 g/mol. The van der Waals surface area contributed by atoms with Gasteiger partial charge in [-0.25, -0.2) is 0 Å². The zero-order valence-corrected chi connectivity index (χ0v) is 17.3. The first kappa shape index (κ1) is 20.3. The van der Waals surface area contributed by atoms with Gasteiger partial charge in [-0.1, -0.05) is 25.9 Å². The van der Waals surface area contributed by atoms with E-state index in [9.17, 15) is 18.5 Å². The van der Waals surface area contributed by atoms with Crippen molar-refractivity contribution in [2.24, 2.45) is 21.4 Å². The number of fused-ring (bicyclic) bond motifs is 2. The van der Waals surface area contributed by atoms with Crippen LogP contribution in [0.15, 0.2) is 29.4 Å². The molecule has 0 saturated heterocycles. The molecule has 28 heavy (non-hydrogen) atoms. The van der Waals surface area contributed by atoms with Crippen LogP contribution in [-0.2, 0) is 19.2 Å². The monoisotopic (exact) mass is 404 g/mol. The highest BCUT2D eigenvalue weighted by molar-refractivity contribution is 7.86. The standard InChI is InChI=1S/C20H24N2O5S/c1-18(2)19(3)9-10-20(18,17(23)11-19)13-28(24,25)27-22-16(12-21)14-5-7-15(26-4)8-6-14/h5-8H,9-11,13H2,1-4H3/b22-16+. The van der Waals surface area contributed by atoms with E-state index in [1.54, 1.807) is 24.3 Å². The van der Waals surface area contributed by atoms with E-state index in [0.29, 0.717) is 24.2 Å². The van der Waals surface area contributed by atoms with E-state index < -0.39 is 26.7 Å². The Kier molecular flexibility index (Phi) is 4.79. The number of methoxy groups -OCH3 is 1. The fourth-order valence-electron chi connectivity index (χ4n) is 4.65. The van der Waals surface area contributed by atoms with Crippen molar-refractivity contribution >= 4 is 21.6 Å². The lowest BCUT2D eigenvalue weighted by atomic mass is 9.66. The minimum atomic E-state index is -4.15. The maximum absolute atomic E-state index is 12.7. The van der Waals surface area contributed by atoms with Gasteiger partial charge in [-0.05, 0) is 47.9 Å². The van der Waals surface area contributed by atoms with Crippen LogP contribution in [0.5, 0.6) is 5.75 Å². The van der Waals surface area contributed by atoms with Crippen LogP contribution in [0.25, 0.3) is 0 Å². The number of nitrogens with zero attached hydrogens (tertiary/aromatic N) is 2. The van der Waals surface area contributed by atoms with Crippen molar-refractivity contribution in [2.75, 3.05) is 12.9 Å².